The first kappa shape index (κ1) is 9.63. The fraction of sp³-hybridized carbons (Fsp3) is 0.875. The first-order valence-electron chi connectivity index (χ1n) is 4.01. The highest BCUT2D eigenvalue weighted by Gasteiger charge is 2.07. The number of hydrogen-bond acceptors (Lipinski definition) is 1. The van der Waals surface area contributed by atoms with E-state index in [1.54, 1.807) is 0 Å². The minimum Gasteiger partial charge on any atom is -0.291 e. The Morgan fingerprint density at radius 3 is 2.30 bits per heavy atom. The van der Waals surface area contributed by atoms with E-state index in [9.17, 15) is 0 Å². The molecule has 60 valence electrons. The highest BCUT2D eigenvalue weighted by Crippen LogP contribution is 1.84. The fourth-order valence-corrected chi connectivity index (χ4v) is 0.790. The summed E-state index contributed by atoms with van der Waals surface area (Å²) in [5, 5.41) is 0. The lowest BCUT2D eigenvalue weighted by molar-refractivity contribution is -0.498. The lowest BCUT2D eigenvalue weighted by atomic mass is 10.4. The van der Waals surface area contributed by atoms with Crippen molar-refractivity contribution in [2.24, 2.45) is 0 Å². The summed E-state index contributed by atoms with van der Waals surface area (Å²) in [6.07, 6.45) is 2.21. The molecule has 0 saturated heterocycles. The lowest BCUT2D eigenvalue weighted by Crippen LogP contribution is -2.35. The van der Waals surface area contributed by atoms with Crippen molar-refractivity contribution < 1.29 is 4.58 Å². The molecule has 0 atom stereocenters. The van der Waals surface area contributed by atoms with E-state index in [0.717, 1.165) is 6.54 Å². The maximum atomic E-state index is 2.31. The molecule has 0 unspecified atom stereocenters. The Labute approximate surface area is 64.2 Å². The molecule has 0 bridgehead atoms. The molecule has 1 rings (SSSR count). The van der Waals surface area contributed by atoms with Gasteiger partial charge in [-0.3, -0.25) is 4.90 Å². The summed E-state index contributed by atoms with van der Waals surface area (Å²) in [7, 11) is 4.26. The quantitative estimate of drug-likeness (QED) is 0.452. The molecule has 0 aliphatic carbocycles. The van der Waals surface area contributed by atoms with Gasteiger partial charge in [0.15, 0.2) is 12.8 Å². The van der Waals surface area contributed by atoms with Crippen molar-refractivity contribution >= 4 is 6.21 Å². The average Bonchev–Trinajstić information content (AvgIpc) is 2.00. The maximum absolute atomic E-state index is 2.31. The summed E-state index contributed by atoms with van der Waals surface area (Å²) in [5.74, 6) is 0. The first-order chi connectivity index (χ1) is 4.79. The Balaban J connectivity index is 0.000000371. The Morgan fingerprint density at radius 2 is 2.00 bits per heavy atom. The Bertz CT molecular complexity index is 108. The van der Waals surface area contributed by atoms with Crippen molar-refractivity contribution in [1.29, 1.82) is 0 Å². The third kappa shape index (κ3) is 3.62. The molecule has 0 fully saturated rings. The van der Waals surface area contributed by atoms with Crippen molar-refractivity contribution in [2.75, 3.05) is 33.7 Å². The van der Waals surface area contributed by atoms with Crippen LogP contribution in [0.1, 0.15) is 13.8 Å². The van der Waals surface area contributed by atoms with Gasteiger partial charge in [-0.2, -0.15) is 0 Å². The molecule has 2 nitrogen and oxygen atoms in total. The standard InChI is InChI=1S/C6H13N2.C2H6/c1-7-3-5-8(2)6-4-7;1-2/h3H,4-6H2,1-2H3;1-2H3/q+1;. The van der Waals surface area contributed by atoms with Crippen LogP contribution in [0.25, 0.3) is 0 Å². The van der Waals surface area contributed by atoms with Crippen molar-refractivity contribution in [3.05, 3.63) is 0 Å². The average molecular weight is 143 g/mol. The van der Waals surface area contributed by atoms with Crippen molar-refractivity contribution in [1.82, 2.24) is 4.90 Å². The van der Waals surface area contributed by atoms with Crippen LogP contribution in [0.3, 0.4) is 0 Å². The minimum absolute atomic E-state index is 1.11. The summed E-state index contributed by atoms with van der Waals surface area (Å²) in [4.78, 5) is 2.31. The molecule has 0 spiro atoms. The number of likely N-dealkylation sites (N-methyl/N-ethyl adjacent to an activating group) is 2. The van der Waals surface area contributed by atoms with Crippen molar-refractivity contribution in [2.45, 2.75) is 13.8 Å². The van der Waals surface area contributed by atoms with E-state index in [2.05, 4.69) is 29.8 Å². The normalized spacial score (nSPS) is 19.0. The van der Waals surface area contributed by atoms with Gasteiger partial charge >= 0.3 is 0 Å². The van der Waals surface area contributed by atoms with Gasteiger partial charge in [-0.15, -0.1) is 0 Å². The second-order valence-corrected chi connectivity index (χ2v) is 2.43. The van der Waals surface area contributed by atoms with E-state index in [-0.39, 0.29) is 0 Å². The molecule has 1 aliphatic heterocycles. The molecule has 1 aliphatic rings. The van der Waals surface area contributed by atoms with Crippen LogP contribution in [-0.2, 0) is 0 Å². The molecule has 0 saturated carbocycles. The van der Waals surface area contributed by atoms with Crippen LogP contribution in [0.5, 0.6) is 0 Å². The Kier molecular flexibility index (Phi) is 5.22. The van der Waals surface area contributed by atoms with Gasteiger partial charge in [0.2, 0.25) is 0 Å². The van der Waals surface area contributed by atoms with Gasteiger partial charge in [0.05, 0.1) is 13.1 Å². The SMILES string of the molecule is CC.CN1CC=[N+](C)CC1. The van der Waals surface area contributed by atoms with Gasteiger partial charge in [0, 0.05) is 0 Å². The van der Waals surface area contributed by atoms with Crippen LogP contribution in [-0.4, -0.2) is 49.4 Å². The van der Waals surface area contributed by atoms with Gasteiger partial charge in [-0.05, 0) is 7.05 Å². The summed E-state index contributed by atoms with van der Waals surface area (Å²) in [6, 6.07) is 0. The molecule has 0 aromatic carbocycles. The maximum Gasteiger partial charge on any atom is 0.154 e. The molecule has 0 aromatic heterocycles. The molecule has 10 heavy (non-hydrogen) atoms. The second-order valence-electron chi connectivity index (χ2n) is 2.43. The molecule has 1 heterocycles. The molecule has 2 heteroatoms. The third-order valence-corrected chi connectivity index (χ3v) is 1.54. The molecule has 0 radical (unpaired) electrons. The monoisotopic (exact) mass is 143 g/mol. The Morgan fingerprint density at radius 1 is 1.40 bits per heavy atom. The fourth-order valence-electron chi connectivity index (χ4n) is 0.790. The van der Waals surface area contributed by atoms with E-state index in [1.807, 2.05) is 13.8 Å². The second kappa shape index (κ2) is 5.42. The predicted octanol–water partition coefficient (Wildman–Crippen LogP) is 0.671. The highest BCUT2D eigenvalue weighted by molar-refractivity contribution is 5.54. The molecule has 0 N–H and O–H groups in total. The Hall–Kier alpha value is -0.370. The zero-order chi connectivity index (χ0) is 7.98. The summed E-state index contributed by atoms with van der Waals surface area (Å²) in [5.41, 5.74) is 0. The summed E-state index contributed by atoms with van der Waals surface area (Å²) >= 11 is 0. The van der Waals surface area contributed by atoms with Crippen LogP contribution in [0.4, 0.5) is 0 Å². The topological polar surface area (TPSA) is 6.25 Å². The molecule has 0 aromatic rings. The number of rotatable bonds is 0. The smallest absolute Gasteiger partial charge is 0.154 e. The number of hydrogen-bond donors (Lipinski definition) is 0. The van der Waals surface area contributed by atoms with Crippen molar-refractivity contribution in [3.8, 4) is 0 Å². The van der Waals surface area contributed by atoms with E-state index in [4.69, 9.17) is 0 Å². The molecular weight excluding hydrogens is 124 g/mol. The third-order valence-electron chi connectivity index (χ3n) is 1.54. The van der Waals surface area contributed by atoms with E-state index in [1.165, 1.54) is 13.1 Å². The van der Waals surface area contributed by atoms with Crippen LogP contribution in [0.15, 0.2) is 0 Å². The van der Waals surface area contributed by atoms with E-state index in [0.29, 0.717) is 0 Å². The van der Waals surface area contributed by atoms with Gasteiger partial charge in [-0.25, -0.2) is 4.58 Å². The largest absolute Gasteiger partial charge is 0.291 e. The van der Waals surface area contributed by atoms with Crippen LogP contribution < -0.4 is 0 Å². The van der Waals surface area contributed by atoms with Gasteiger partial charge < -0.3 is 0 Å². The molecular formula is C8H19N2+. The number of nitrogens with zero attached hydrogens (tertiary/aromatic N) is 2. The zero-order valence-electron chi connectivity index (χ0n) is 7.59. The molecule has 0 amide bonds. The predicted molar refractivity (Wildman–Crippen MR) is 46.0 cm³/mol. The van der Waals surface area contributed by atoms with Crippen LogP contribution in [0, 0.1) is 0 Å². The zero-order valence-corrected chi connectivity index (χ0v) is 7.59. The van der Waals surface area contributed by atoms with Gasteiger partial charge in [0.1, 0.15) is 7.05 Å². The van der Waals surface area contributed by atoms with Crippen LogP contribution in [0.2, 0.25) is 0 Å². The first-order valence-corrected chi connectivity index (χ1v) is 4.01. The van der Waals surface area contributed by atoms with Crippen LogP contribution >= 0.6 is 0 Å². The van der Waals surface area contributed by atoms with Gasteiger partial charge in [-0.1, -0.05) is 13.8 Å². The summed E-state index contributed by atoms with van der Waals surface area (Å²) < 4.78 is 2.24. The summed E-state index contributed by atoms with van der Waals surface area (Å²) in [6.45, 7) is 7.49. The van der Waals surface area contributed by atoms with Crippen molar-refractivity contribution in [3.63, 3.8) is 0 Å². The van der Waals surface area contributed by atoms with E-state index < -0.39 is 0 Å². The van der Waals surface area contributed by atoms with Gasteiger partial charge in [0.25, 0.3) is 0 Å². The minimum atomic E-state index is 1.11. The van der Waals surface area contributed by atoms with E-state index >= 15 is 0 Å². The highest BCUT2D eigenvalue weighted by atomic mass is 15.2. The lowest BCUT2D eigenvalue weighted by Gasteiger charge is -2.15.